The number of halogens is 2. The Hall–Kier alpha value is -1.55. The summed E-state index contributed by atoms with van der Waals surface area (Å²) >= 11 is 5.51. The van der Waals surface area contributed by atoms with Gasteiger partial charge in [0.05, 0.1) is 5.02 Å². The van der Waals surface area contributed by atoms with E-state index in [9.17, 15) is 9.18 Å². The van der Waals surface area contributed by atoms with Crippen LogP contribution in [0.4, 0.5) is 4.39 Å². The third-order valence-electron chi connectivity index (χ3n) is 2.00. The molecule has 0 aliphatic rings. The van der Waals surface area contributed by atoms with Gasteiger partial charge in [0, 0.05) is 11.8 Å². The number of allylic oxidation sites excluding steroid dienone is 1. The minimum atomic E-state index is -0.581. The van der Waals surface area contributed by atoms with Gasteiger partial charge < -0.3 is 10.1 Å². The normalized spacial score (nSPS) is 9.82. The van der Waals surface area contributed by atoms with Gasteiger partial charge >= 0.3 is 0 Å². The molecule has 0 spiro atoms. The molecule has 0 unspecified atom stereocenters. The van der Waals surface area contributed by atoms with E-state index >= 15 is 0 Å². The van der Waals surface area contributed by atoms with Crippen molar-refractivity contribution in [3.8, 4) is 5.75 Å². The Morgan fingerprint density at radius 3 is 2.88 bits per heavy atom. The molecule has 92 valence electrons. The molecular weight excluding hydrogens is 245 g/mol. The van der Waals surface area contributed by atoms with Crippen LogP contribution in [0.2, 0.25) is 5.02 Å². The molecule has 1 amide bonds. The molecule has 0 radical (unpaired) electrons. The maximum atomic E-state index is 13.0. The molecule has 0 saturated heterocycles. The van der Waals surface area contributed by atoms with Gasteiger partial charge in [0.2, 0.25) is 0 Å². The number of carbonyl (C=O) groups excluding carboxylic acids is 1. The van der Waals surface area contributed by atoms with Gasteiger partial charge in [-0.25, -0.2) is 4.39 Å². The lowest BCUT2D eigenvalue weighted by Crippen LogP contribution is -2.27. The number of carbonyl (C=O) groups is 1. The predicted molar refractivity (Wildman–Crippen MR) is 64.5 cm³/mol. The predicted octanol–water partition coefficient (Wildman–Crippen LogP) is 2.90. The quantitative estimate of drug-likeness (QED) is 0.881. The topological polar surface area (TPSA) is 38.3 Å². The van der Waals surface area contributed by atoms with Crippen molar-refractivity contribution in [1.82, 2.24) is 5.32 Å². The SMILES string of the molecule is C=C(CC)NC(=O)COc1ccc(Cl)c(F)c1. The highest BCUT2D eigenvalue weighted by atomic mass is 35.5. The Kier molecular flexibility index (Phi) is 4.97. The van der Waals surface area contributed by atoms with Crippen molar-refractivity contribution < 1.29 is 13.9 Å². The second-order valence-electron chi connectivity index (χ2n) is 3.37. The molecule has 0 atom stereocenters. The zero-order chi connectivity index (χ0) is 12.8. The van der Waals surface area contributed by atoms with E-state index in [1.54, 1.807) is 0 Å². The average Bonchev–Trinajstić information content (AvgIpc) is 2.30. The first kappa shape index (κ1) is 13.5. The lowest BCUT2D eigenvalue weighted by molar-refractivity contribution is -0.122. The summed E-state index contributed by atoms with van der Waals surface area (Å²) in [5.74, 6) is -0.654. The van der Waals surface area contributed by atoms with Gasteiger partial charge in [0.1, 0.15) is 11.6 Å². The molecule has 3 nitrogen and oxygen atoms in total. The number of benzene rings is 1. The lowest BCUT2D eigenvalue weighted by Gasteiger charge is -2.08. The summed E-state index contributed by atoms with van der Waals surface area (Å²) < 4.78 is 18.1. The fraction of sp³-hybridized carbons (Fsp3) is 0.250. The number of hydrogen-bond donors (Lipinski definition) is 1. The van der Waals surface area contributed by atoms with Crippen LogP contribution in [-0.4, -0.2) is 12.5 Å². The van der Waals surface area contributed by atoms with Gasteiger partial charge in [0.25, 0.3) is 5.91 Å². The van der Waals surface area contributed by atoms with Gasteiger partial charge in [-0.05, 0) is 18.6 Å². The van der Waals surface area contributed by atoms with E-state index in [0.29, 0.717) is 12.1 Å². The van der Waals surface area contributed by atoms with Crippen molar-refractivity contribution in [3.63, 3.8) is 0 Å². The van der Waals surface area contributed by atoms with Crippen LogP contribution in [0.3, 0.4) is 0 Å². The second kappa shape index (κ2) is 6.25. The lowest BCUT2D eigenvalue weighted by atomic mass is 10.3. The van der Waals surface area contributed by atoms with Crippen molar-refractivity contribution >= 4 is 17.5 Å². The molecular formula is C12H13ClFNO2. The standard InChI is InChI=1S/C12H13ClFNO2/c1-3-8(2)15-12(16)7-17-9-4-5-10(13)11(14)6-9/h4-6H,2-3,7H2,1H3,(H,15,16). The molecule has 0 bridgehead atoms. The summed E-state index contributed by atoms with van der Waals surface area (Å²) in [5.41, 5.74) is 0.612. The summed E-state index contributed by atoms with van der Waals surface area (Å²) in [6.45, 7) is 5.31. The van der Waals surface area contributed by atoms with Crippen LogP contribution in [-0.2, 0) is 4.79 Å². The summed E-state index contributed by atoms with van der Waals surface area (Å²) in [4.78, 5) is 11.3. The highest BCUT2D eigenvalue weighted by molar-refractivity contribution is 6.30. The number of hydrogen-bond acceptors (Lipinski definition) is 2. The van der Waals surface area contributed by atoms with Crippen LogP contribution in [0, 0.1) is 5.82 Å². The third kappa shape index (κ3) is 4.44. The highest BCUT2D eigenvalue weighted by Gasteiger charge is 2.05. The van der Waals surface area contributed by atoms with Crippen LogP contribution in [0.1, 0.15) is 13.3 Å². The zero-order valence-electron chi connectivity index (χ0n) is 9.43. The van der Waals surface area contributed by atoms with E-state index in [0.717, 1.165) is 6.07 Å². The Bertz CT molecular complexity index is 435. The molecule has 0 heterocycles. The van der Waals surface area contributed by atoms with Gasteiger partial charge in [0.15, 0.2) is 6.61 Å². The minimum Gasteiger partial charge on any atom is -0.484 e. The highest BCUT2D eigenvalue weighted by Crippen LogP contribution is 2.20. The number of amides is 1. The zero-order valence-corrected chi connectivity index (χ0v) is 10.2. The molecule has 0 fully saturated rings. The minimum absolute atomic E-state index is 0.0150. The van der Waals surface area contributed by atoms with Crippen LogP contribution in [0.25, 0.3) is 0 Å². The second-order valence-corrected chi connectivity index (χ2v) is 3.78. The average molecular weight is 258 g/mol. The summed E-state index contributed by atoms with van der Waals surface area (Å²) in [6.07, 6.45) is 0.654. The first-order valence-corrected chi connectivity index (χ1v) is 5.46. The third-order valence-corrected chi connectivity index (χ3v) is 2.31. The van der Waals surface area contributed by atoms with Gasteiger partial charge in [-0.3, -0.25) is 4.79 Å². The largest absolute Gasteiger partial charge is 0.484 e. The van der Waals surface area contributed by atoms with E-state index < -0.39 is 5.82 Å². The molecule has 1 N–H and O–H groups in total. The van der Waals surface area contributed by atoms with E-state index in [-0.39, 0.29) is 23.3 Å². The monoisotopic (exact) mass is 257 g/mol. The van der Waals surface area contributed by atoms with Crippen molar-refractivity contribution in [3.05, 3.63) is 41.3 Å². The maximum Gasteiger partial charge on any atom is 0.262 e. The Morgan fingerprint density at radius 2 is 2.29 bits per heavy atom. The van der Waals surface area contributed by atoms with E-state index in [1.807, 2.05) is 6.92 Å². The Labute approximate surface area is 104 Å². The van der Waals surface area contributed by atoms with Crippen molar-refractivity contribution in [2.45, 2.75) is 13.3 Å². The molecule has 0 saturated carbocycles. The van der Waals surface area contributed by atoms with E-state index in [1.165, 1.54) is 12.1 Å². The van der Waals surface area contributed by atoms with Crippen molar-refractivity contribution in [2.75, 3.05) is 6.61 Å². The fourth-order valence-corrected chi connectivity index (χ4v) is 1.15. The number of nitrogens with one attached hydrogen (secondary N) is 1. The molecule has 1 aromatic carbocycles. The van der Waals surface area contributed by atoms with Crippen molar-refractivity contribution in [2.24, 2.45) is 0 Å². The summed E-state index contributed by atoms with van der Waals surface area (Å²) in [6, 6.07) is 3.99. The van der Waals surface area contributed by atoms with E-state index in [4.69, 9.17) is 16.3 Å². The Morgan fingerprint density at radius 1 is 1.59 bits per heavy atom. The van der Waals surface area contributed by atoms with Gasteiger partial charge in [-0.15, -0.1) is 0 Å². The Balaban J connectivity index is 2.47. The first-order chi connectivity index (χ1) is 8.02. The maximum absolute atomic E-state index is 13.0. The van der Waals surface area contributed by atoms with Gasteiger partial charge in [-0.2, -0.15) is 0 Å². The first-order valence-electron chi connectivity index (χ1n) is 5.08. The van der Waals surface area contributed by atoms with E-state index in [2.05, 4.69) is 11.9 Å². The van der Waals surface area contributed by atoms with Crippen LogP contribution in [0.5, 0.6) is 5.75 Å². The smallest absolute Gasteiger partial charge is 0.262 e. The number of rotatable bonds is 5. The number of ether oxygens (including phenoxy) is 1. The summed E-state index contributed by atoms with van der Waals surface area (Å²) in [7, 11) is 0. The van der Waals surface area contributed by atoms with Crippen LogP contribution >= 0.6 is 11.6 Å². The molecule has 17 heavy (non-hydrogen) atoms. The summed E-state index contributed by atoms with van der Waals surface area (Å²) in [5, 5.41) is 2.56. The van der Waals surface area contributed by atoms with Gasteiger partial charge in [-0.1, -0.05) is 25.1 Å². The molecule has 0 aliphatic carbocycles. The molecule has 5 heteroatoms. The molecule has 1 aromatic rings. The van der Waals surface area contributed by atoms with Crippen LogP contribution in [0.15, 0.2) is 30.5 Å². The van der Waals surface area contributed by atoms with Crippen molar-refractivity contribution in [1.29, 1.82) is 0 Å². The fourth-order valence-electron chi connectivity index (χ4n) is 1.04. The van der Waals surface area contributed by atoms with Crippen LogP contribution < -0.4 is 10.1 Å². The molecule has 0 aromatic heterocycles. The molecule has 0 aliphatic heterocycles. The molecule has 1 rings (SSSR count).